The number of nitrogens with zero attached hydrogens (tertiary/aromatic N) is 3. The van der Waals surface area contributed by atoms with Gasteiger partial charge in [0, 0.05) is 12.4 Å². The largest absolute Gasteiger partial charge is 0.369 e. The lowest BCUT2D eigenvalue weighted by Crippen LogP contribution is -2.47. The number of thiophene rings is 1. The Bertz CT molecular complexity index is 588. The molecule has 18 heavy (non-hydrogen) atoms. The van der Waals surface area contributed by atoms with Crippen LogP contribution in [-0.2, 0) is 10.3 Å². The van der Waals surface area contributed by atoms with E-state index in [2.05, 4.69) is 4.99 Å². The predicted molar refractivity (Wildman–Crippen MR) is 65.4 cm³/mol. The first-order valence-electron chi connectivity index (χ1n) is 5.18. The molecule has 1 atom stereocenters. The van der Waals surface area contributed by atoms with Crippen molar-refractivity contribution in [2.75, 3.05) is 7.05 Å². The molecule has 2 heterocycles. The third-order valence-electron chi connectivity index (χ3n) is 2.91. The Labute approximate surface area is 107 Å². The second-order valence-electron chi connectivity index (χ2n) is 4.28. The van der Waals surface area contributed by atoms with Crippen LogP contribution in [0.15, 0.2) is 10.4 Å². The van der Waals surface area contributed by atoms with Crippen LogP contribution in [0, 0.1) is 17.1 Å². The van der Waals surface area contributed by atoms with E-state index < -0.39 is 11.4 Å². The number of amides is 1. The van der Waals surface area contributed by atoms with E-state index in [9.17, 15) is 9.18 Å². The first kappa shape index (κ1) is 12.5. The van der Waals surface area contributed by atoms with Crippen molar-refractivity contribution in [1.29, 1.82) is 5.26 Å². The summed E-state index contributed by atoms with van der Waals surface area (Å²) in [7, 11) is 1.52. The summed E-state index contributed by atoms with van der Waals surface area (Å²) in [5, 5.41) is 10.2. The van der Waals surface area contributed by atoms with E-state index in [1.165, 1.54) is 17.3 Å². The molecule has 5 nitrogen and oxygen atoms in total. The van der Waals surface area contributed by atoms with Crippen molar-refractivity contribution in [3.05, 3.63) is 21.6 Å². The third-order valence-corrected chi connectivity index (χ3v) is 4.12. The maximum atomic E-state index is 14.0. The van der Waals surface area contributed by atoms with E-state index in [0.29, 0.717) is 0 Å². The molecule has 1 aliphatic heterocycles. The number of hydrogen-bond donors (Lipinski definition) is 1. The van der Waals surface area contributed by atoms with Gasteiger partial charge in [-0.2, -0.15) is 5.26 Å². The van der Waals surface area contributed by atoms with E-state index in [0.717, 1.165) is 11.3 Å². The van der Waals surface area contributed by atoms with Crippen LogP contribution in [0.4, 0.5) is 4.39 Å². The second kappa shape index (κ2) is 4.07. The van der Waals surface area contributed by atoms with E-state index >= 15 is 0 Å². The Hall–Kier alpha value is -1.94. The highest BCUT2D eigenvalue weighted by molar-refractivity contribution is 7.10. The van der Waals surface area contributed by atoms with Crippen molar-refractivity contribution in [2.24, 2.45) is 10.7 Å². The molecule has 1 amide bonds. The summed E-state index contributed by atoms with van der Waals surface area (Å²) >= 11 is 1.08. The number of nitriles is 1. The van der Waals surface area contributed by atoms with Crippen LogP contribution in [0.3, 0.4) is 0 Å². The summed E-state index contributed by atoms with van der Waals surface area (Å²) in [5.74, 6) is -0.782. The lowest BCUT2D eigenvalue weighted by molar-refractivity contribution is -0.128. The molecule has 0 bridgehead atoms. The molecular formula is C11H11FN4OS. The average molecular weight is 266 g/mol. The van der Waals surface area contributed by atoms with E-state index in [1.807, 2.05) is 0 Å². The molecule has 0 aromatic carbocycles. The zero-order valence-electron chi connectivity index (χ0n) is 9.90. The number of carbonyl (C=O) groups is 1. The van der Waals surface area contributed by atoms with Crippen molar-refractivity contribution >= 4 is 23.2 Å². The minimum atomic E-state index is -1.03. The minimum Gasteiger partial charge on any atom is -0.369 e. The molecule has 2 N–H and O–H groups in total. The molecule has 1 aromatic rings. The smallest absolute Gasteiger partial charge is 0.231 e. The lowest BCUT2D eigenvalue weighted by atomic mass is 9.93. The third kappa shape index (κ3) is 1.75. The molecule has 0 unspecified atom stereocenters. The standard InChI is InChI=1S/C11H11FN4OS/c1-11(3-7(17)16(2)10(14)15-11)9-8(12)6(4-13)5-18-9/h5H,3H2,1-2H3,(H2,14,15)/t11-/m0/s1. The van der Waals surface area contributed by atoms with Gasteiger partial charge in [-0.1, -0.05) is 0 Å². The van der Waals surface area contributed by atoms with Crippen molar-refractivity contribution in [2.45, 2.75) is 18.9 Å². The van der Waals surface area contributed by atoms with Crippen LogP contribution in [0.25, 0.3) is 0 Å². The lowest BCUT2D eigenvalue weighted by Gasteiger charge is -2.32. The van der Waals surface area contributed by atoms with Crippen molar-refractivity contribution < 1.29 is 9.18 Å². The number of aliphatic imine (C=N–C) groups is 1. The molecule has 0 radical (unpaired) electrons. The van der Waals surface area contributed by atoms with Crippen LogP contribution in [-0.4, -0.2) is 23.8 Å². The van der Waals surface area contributed by atoms with Crippen LogP contribution in [0.1, 0.15) is 23.8 Å². The van der Waals surface area contributed by atoms with Crippen molar-refractivity contribution in [3.63, 3.8) is 0 Å². The fraction of sp³-hybridized carbons (Fsp3) is 0.364. The van der Waals surface area contributed by atoms with E-state index in [-0.39, 0.29) is 28.7 Å². The minimum absolute atomic E-state index is 0.0311. The molecule has 7 heteroatoms. The number of hydrogen-bond acceptors (Lipinski definition) is 5. The number of guanidine groups is 1. The zero-order valence-corrected chi connectivity index (χ0v) is 10.7. The number of carbonyl (C=O) groups excluding carboxylic acids is 1. The van der Waals surface area contributed by atoms with Gasteiger partial charge < -0.3 is 5.73 Å². The highest BCUT2D eigenvalue weighted by atomic mass is 32.1. The second-order valence-corrected chi connectivity index (χ2v) is 5.16. The molecule has 94 valence electrons. The summed E-state index contributed by atoms with van der Waals surface area (Å²) in [6.07, 6.45) is 0.0342. The SMILES string of the molecule is CN1C(=O)C[C@@](C)(c2scc(C#N)c2F)N=C1N. The van der Waals surface area contributed by atoms with Gasteiger partial charge in [0.2, 0.25) is 5.91 Å². The molecule has 2 rings (SSSR count). The van der Waals surface area contributed by atoms with Crippen LogP contribution >= 0.6 is 11.3 Å². The van der Waals surface area contributed by atoms with Gasteiger partial charge in [0.15, 0.2) is 11.8 Å². The molecule has 0 saturated heterocycles. The zero-order chi connectivity index (χ0) is 13.5. The molecule has 1 aromatic heterocycles. The fourth-order valence-electron chi connectivity index (χ4n) is 1.82. The van der Waals surface area contributed by atoms with Crippen LogP contribution in [0.2, 0.25) is 0 Å². The predicted octanol–water partition coefficient (Wildman–Crippen LogP) is 1.15. The van der Waals surface area contributed by atoms with Gasteiger partial charge >= 0.3 is 0 Å². The fourth-order valence-corrected chi connectivity index (χ4v) is 2.80. The maximum absolute atomic E-state index is 14.0. The average Bonchev–Trinajstić information content (AvgIpc) is 2.68. The number of nitrogens with two attached hydrogens (primary N) is 1. The van der Waals surface area contributed by atoms with Crippen LogP contribution in [0.5, 0.6) is 0 Å². The summed E-state index contributed by atoms with van der Waals surface area (Å²) in [6.45, 7) is 1.64. The molecule has 0 aliphatic carbocycles. The first-order valence-corrected chi connectivity index (χ1v) is 6.06. The Morgan fingerprint density at radius 1 is 1.72 bits per heavy atom. The summed E-state index contributed by atoms with van der Waals surface area (Å²) < 4.78 is 14.0. The number of rotatable bonds is 1. The van der Waals surface area contributed by atoms with Gasteiger partial charge in [-0.15, -0.1) is 11.3 Å². The quantitative estimate of drug-likeness (QED) is 0.827. The Morgan fingerprint density at radius 3 is 2.89 bits per heavy atom. The van der Waals surface area contributed by atoms with Gasteiger partial charge in [-0.25, -0.2) is 9.38 Å². The van der Waals surface area contributed by atoms with Gasteiger partial charge in [-0.05, 0) is 6.92 Å². The van der Waals surface area contributed by atoms with E-state index in [4.69, 9.17) is 11.0 Å². The molecular weight excluding hydrogens is 255 g/mol. The van der Waals surface area contributed by atoms with Crippen molar-refractivity contribution in [1.82, 2.24) is 4.90 Å². The van der Waals surface area contributed by atoms with Gasteiger partial charge in [0.1, 0.15) is 11.6 Å². The molecule has 0 spiro atoms. The highest BCUT2D eigenvalue weighted by Gasteiger charge is 2.39. The van der Waals surface area contributed by atoms with Gasteiger partial charge in [-0.3, -0.25) is 9.69 Å². The van der Waals surface area contributed by atoms with Gasteiger partial charge in [0.05, 0.1) is 16.9 Å². The Balaban J connectivity index is 2.53. The first-order chi connectivity index (χ1) is 8.39. The molecule has 1 aliphatic rings. The Kier molecular flexibility index (Phi) is 2.83. The van der Waals surface area contributed by atoms with Crippen LogP contribution < -0.4 is 5.73 Å². The Morgan fingerprint density at radius 2 is 2.39 bits per heavy atom. The monoisotopic (exact) mass is 266 g/mol. The van der Waals surface area contributed by atoms with Gasteiger partial charge in [0.25, 0.3) is 0 Å². The summed E-state index contributed by atoms with van der Waals surface area (Å²) in [4.78, 5) is 17.4. The molecule has 0 saturated carbocycles. The number of halogens is 1. The normalized spacial score (nSPS) is 23.8. The van der Waals surface area contributed by atoms with E-state index in [1.54, 1.807) is 13.0 Å². The maximum Gasteiger partial charge on any atom is 0.231 e. The summed E-state index contributed by atoms with van der Waals surface area (Å²) in [5.41, 5.74) is 4.58. The summed E-state index contributed by atoms with van der Waals surface area (Å²) in [6, 6.07) is 1.76. The highest BCUT2D eigenvalue weighted by Crippen LogP contribution is 2.38. The van der Waals surface area contributed by atoms with Crippen molar-refractivity contribution in [3.8, 4) is 6.07 Å². The molecule has 0 fully saturated rings. The topological polar surface area (TPSA) is 82.5 Å².